The number of carbonyl (C=O) groups is 1. The van der Waals surface area contributed by atoms with Crippen LogP contribution in [0.25, 0.3) is 0 Å². The predicted molar refractivity (Wildman–Crippen MR) is 70.2 cm³/mol. The molecule has 1 fully saturated rings. The van der Waals surface area contributed by atoms with Crippen LogP contribution in [-0.4, -0.2) is 43.2 Å². The van der Waals surface area contributed by atoms with Gasteiger partial charge in [0.25, 0.3) is 0 Å². The third-order valence-electron chi connectivity index (χ3n) is 3.38. The summed E-state index contributed by atoms with van der Waals surface area (Å²) in [4.78, 5) is 14.2. The molecule has 0 aliphatic carbocycles. The molecule has 1 amide bonds. The number of benzene rings is 1. The van der Waals surface area contributed by atoms with E-state index in [1.54, 1.807) is 0 Å². The number of ether oxygens (including phenoxy) is 1. The highest BCUT2D eigenvalue weighted by Crippen LogP contribution is 2.19. The van der Waals surface area contributed by atoms with E-state index in [4.69, 9.17) is 10.5 Å². The summed E-state index contributed by atoms with van der Waals surface area (Å²) < 4.78 is 5.47. The van der Waals surface area contributed by atoms with E-state index in [2.05, 4.69) is 0 Å². The van der Waals surface area contributed by atoms with Crippen LogP contribution >= 0.6 is 0 Å². The molecule has 4 heteroatoms. The molecule has 18 heavy (non-hydrogen) atoms. The molecule has 2 rings (SSSR count). The summed E-state index contributed by atoms with van der Waals surface area (Å²) in [7, 11) is 0. The summed E-state index contributed by atoms with van der Waals surface area (Å²) in [6, 6.07) is 9.86. The van der Waals surface area contributed by atoms with Crippen LogP contribution in [0.5, 0.6) is 0 Å². The molecule has 2 atom stereocenters. The average molecular weight is 248 g/mol. The highest BCUT2D eigenvalue weighted by molar-refractivity contribution is 5.83. The van der Waals surface area contributed by atoms with Gasteiger partial charge in [-0.2, -0.15) is 0 Å². The van der Waals surface area contributed by atoms with E-state index in [9.17, 15) is 4.79 Å². The average Bonchev–Trinajstić information content (AvgIpc) is 2.46. The second-order valence-electron chi connectivity index (χ2n) is 4.65. The smallest absolute Gasteiger partial charge is 0.229 e. The first-order valence-electron chi connectivity index (χ1n) is 6.37. The Labute approximate surface area is 108 Å². The Balaban J connectivity index is 2.02. The van der Waals surface area contributed by atoms with Gasteiger partial charge < -0.3 is 15.4 Å². The quantitative estimate of drug-likeness (QED) is 0.867. The summed E-state index contributed by atoms with van der Waals surface area (Å²) in [5.41, 5.74) is 6.64. The van der Waals surface area contributed by atoms with E-state index in [0.29, 0.717) is 26.2 Å². The molecule has 98 valence electrons. The lowest BCUT2D eigenvalue weighted by atomic mass is 9.99. The fraction of sp³-hybridized carbons (Fsp3) is 0.500. The fourth-order valence-electron chi connectivity index (χ4n) is 2.22. The van der Waals surface area contributed by atoms with Gasteiger partial charge in [0.15, 0.2) is 0 Å². The SMILES string of the molecule is CC(C(=O)N1CCOC(CN)C1)c1ccccc1. The maximum Gasteiger partial charge on any atom is 0.229 e. The third-order valence-corrected chi connectivity index (χ3v) is 3.38. The van der Waals surface area contributed by atoms with Gasteiger partial charge in [-0.3, -0.25) is 4.79 Å². The summed E-state index contributed by atoms with van der Waals surface area (Å²) in [6.45, 7) is 4.25. The van der Waals surface area contributed by atoms with E-state index >= 15 is 0 Å². The Morgan fingerprint density at radius 2 is 2.22 bits per heavy atom. The zero-order valence-electron chi connectivity index (χ0n) is 10.7. The van der Waals surface area contributed by atoms with Crippen molar-refractivity contribution in [1.82, 2.24) is 4.90 Å². The summed E-state index contributed by atoms with van der Waals surface area (Å²) in [6.07, 6.45) is -0.0225. The molecule has 4 nitrogen and oxygen atoms in total. The van der Waals surface area contributed by atoms with Crippen molar-refractivity contribution in [2.75, 3.05) is 26.2 Å². The molecule has 1 aliphatic rings. The van der Waals surface area contributed by atoms with Crippen molar-refractivity contribution >= 4 is 5.91 Å². The lowest BCUT2D eigenvalue weighted by Gasteiger charge is -2.34. The van der Waals surface area contributed by atoms with Crippen molar-refractivity contribution in [3.05, 3.63) is 35.9 Å². The predicted octanol–water partition coefficient (Wildman–Crippen LogP) is 0.976. The van der Waals surface area contributed by atoms with E-state index in [1.807, 2.05) is 42.2 Å². The lowest BCUT2D eigenvalue weighted by Crippen LogP contribution is -2.49. The first-order chi connectivity index (χ1) is 8.72. The molecule has 0 aromatic heterocycles. The molecule has 1 aliphatic heterocycles. The molecule has 1 aromatic carbocycles. The van der Waals surface area contributed by atoms with Crippen molar-refractivity contribution in [2.45, 2.75) is 18.9 Å². The lowest BCUT2D eigenvalue weighted by molar-refractivity contribution is -0.139. The van der Waals surface area contributed by atoms with Crippen LogP contribution in [0.1, 0.15) is 18.4 Å². The minimum Gasteiger partial charge on any atom is -0.373 e. The minimum absolute atomic E-state index is 0.0225. The molecule has 2 unspecified atom stereocenters. The summed E-state index contributed by atoms with van der Waals surface area (Å²) in [5, 5.41) is 0. The monoisotopic (exact) mass is 248 g/mol. The number of hydrogen-bond donors (Lipinski definition) is 1. The van der Waals surface area contributed by atoms with E-state index < -0.39 is 0 Å². The highest BCUT2D eigenvalue weighted by atomic mass is 16.5. The first kappa shape index (κ1) is 13.1. The molecule has 1 heterocycles. The second kappa shape index (κ2) is 5.98. The van der Waals surface area contributed by atoms with Gasteiger partial charge in [-0.1, -0.05) is 30.3 Å². The maximum absolute atomic E-state index is 12.4. The van der Waals surface area contributed by atoms with Crippen LogP contribution in [0.4, 0.5) is 0 Å². The van der Waals surface area contributed by atoms with Crippen LogP contribution in [-0.2, 0) is 9.53 Å². The number of morpholine rings is 1. The van der Waals surface area contributed by atoms with Crippen LogP contribution in [0.3, 0.4) is 0 Å². The Hall–Kier alpha value is -1.39. The van der Waals surface area contributed by atoms with Crippen LogP contribution < -0.4 is 5.73 Å². The Bertz CT molecular complexity index is 394. The number of hydrogen-bond acceptors (Lipinski definition) is 3. The third kappa shape index (κ3) is 2.89. The first-order valence-corrected chi connectivity index (χ1v) is 6.37. The molecule has 2 N–H and O–H groups in total. The minimum atomic E-state index is -0.109. The molecule has 1 saturated heterocycles. The van der Waals surface area contributed by atoms with Crippen molar-refractivity contribution < 1.29 is 9.53 Å². The van der Waals surface area contributed by atoms with Crippen molar-refractivity contribution in [2.24, 2.45) is 5.73 Å². The topological polar surface area (TPSA) is 55.6 Å². The van der Waals surface area contributed by atoms with Crippen LogP contribution in [0.2, 0.25) is 0 Å². The Morgan fingerprint density at radius 3 is 2.89 bits per heavy atom. The Morgan fingerprint density at radius 1 is 1.50 bits per heavy atom. The summed E-state index contributed by atoms with van der Waals surface area (Å²) in [5.74, 6) is 0.0469. The maximum atomic E-state index is 12.4. The molecule has 1 aromatic rings. The standard InChI is InChI=1S/C14H20N2O2/c1-11(12-5-3-2-4-6-12)14(17)16-7-8-18-13(9-15)10-16/h2-6,11,13H,7-10,15H2,1H3. The fourth-order valence-corrected chi connectivity index (χ4v) is 2.22. The van der Waals surface area contributed by atoms with Gasteiger partial charge in [-0.15, -0.1) is 0 Å². The molecule has 0 bridgehead atoms. The van der Waals surface area contributed by atoms with Crippen molar-refractivity contribution in [3.8, 4) is 0 Å². The van der Waals surface area contributed by atoms with Crippen LogP contribution in [0.15, 0.2) is 30.3 Å². The van der Waals surface area contributed by atoms with E-state index in [1.165, 1.54) is 0 Å². The second-order valence-corrected chi connectivity index (χ2v) is 4.65. The van der Waals surface area contributed by atoms with Gasteiger partial charge in [-0.05, 0) is 12.5 Å². The number of amides is 1. The normalized spacial score (nSPS) is 21.7. The summed E-state index contributed by atoms with van der Waals surface area (Å²) >= 11 is 0. The van der Waals surface area contributed by atoms with Crippen molar-refractivity contribution in [3.63, 3.8) is 0 Å². The number of rotatable bonds is 3. The number of nitrogens with zero attached hydrogens (tertiary/aromatic N) is 1. The van der Waals surface area contributed by atoms with Gasteiger partial charge >= 0.3 is 0 Å². The molecular weight excluding hydrogens is 228 g/mol. The van der Waals surface area contributed by atoms with Gasteiger partial charge in [0, 0.05) is 19.6 Å². The van der Waals surface area contributed by atoms with Gasteiger partial charge in [0.1, 0.15) is 0 Å². The number of nitrogens with two attached hydrogens (primary N) is 1. The van der Waals surface area contributed by atoms with Gasteiger partial charge in [0.2, 0.25) is 5.91 Å². The molecule has 0 spiro atoms. The van der Waals surface area contributed by atoms with E-state index in [0.717, 1.165) is 5.56 Å². The van der Waals surface area contributed by atoms with Gasteiger partial charge in [-0.25, -0.2) is 0 Å². The van der Waals surface area contributed by atoms with E-state index in [-0.39, 0.29) is 17.9 Å². The molecular formula is C14H20N2O2. The largest absolute Gasteiger partial charge is 0.373 e. The Kier molecular flexibility index (Phi) is 4.33. The highest BCUT2D eigenvalue weighted by Gasteiger charge is 2.27. The number of carbonyl (C=O) groups excluding carboxylic acids is 1. The molecule has 0 radical (unpaired) electrons. The van der Waals surface area contributed by atoms with Crippen LogP contribution in [0, 0.1) is 0 Å². The zero-order valence-corrected chi connectivity index (χ0v) is 10.7. The van der Waals surface area contributed by atoms with Gasteiger partial charge in [0.05, 0.1) is 18.6 Å². The molecule has 0 saturated carbocycles. The zero-order chi connectivity index (χ0) is 13.0. The van der Waals surface area contributed by atoms with Crippen molar-refractivity contribution in [1.29, 1.82) is 0 Å².